The van der Waals surface area contributed by atoms with Crippen LogP contribution in [0.5, 0.6) is 0 Å². The van der Waals surface area contributed by atoms with Crippen LogP contribution in [0.15, 0.2) is 34.6 Å². The van der Waals surface area contributed by atoms with Crippen LogP contribution in [0.2, 0.25) is 0 Å². The van der Waals surface area contributed by atoms with E-state index in [0.29, 0.717) is 16.7 Å². The largest absolute Gasteiger partial charge is 0.382 e. The number of benzene rings is 1. The zero-order valence-corrected chi connectivity index (χ0v) is 14.6. The molecule has 0 atom stereocenters. The minimum Gasteiger partial charge on any atom is -0.382 e. The monoisotopic (exact) mass is 337 g/mol. The third kappa shape index (κ3) is 3.36. The van der Waals surface area contributed by atoms with E-state index in [1.54, 1.807) is 18.1 Å². The number of aryl methyl sites for hydroxylation is 3. The van der Waals surface area contributed by atoms with Crippen LogP contribution in [0.1, 0.15) is 24.0 Å². The summed E-state index contributed by atoms with van der Waals surface area (Å²) in [6.07, 6.45) is 8.61. The molecule has 0 spiro atoms. The summed E-state index contributed by atoms with van der Waals surface area (Å²) in [6.45, 7) is 4.91. The Morgan fingerprint density at radius 2 is 2.12 bits per heavy atom. The molecule has 3 rings (SSSR count). The second kappa shape index (κ2) is 6.93. The van der Waals surface area contributed by atoms with Gasteiger partial charge in [-0.15, -0.1) is 12.3 Å². The number of imidazole rings is 1. The zero-order valence-electron chi connectivity index (χ0n) is 13.8. The average molecular weight is 337 g/mol. The number of nitrogen functional groups attached to an aromatic ring is 1. The number of rotatable bonds is 5. The number of terminal acetylenes is 1. The fraction of sp³-hybridized carbons (Fsp3) is 0.278. The second-order valence-corrected chi connectivity index (χ2v) is 6.69. The third-order valence-corrected chi connectivity index (χ3v) is 4.76. The summed E-state index contributed by atoms with van der Waals surface area (Å²) >= 11 is 1.55. The predicted octanol–water partition coefficient (Wildman–Crippen LogP) is 3.54. The van der Waals surface area contributed by atoms with Gasteiger partial charge < -0.3 is 10.3 Å². The molecule has 6 heteroatoms. The predicted molar refractivity (Wildman–Crippen MR) is 97.0 cm³/mol. The Balaban J connectivity index is 1.94. The van der Waals surface area contributed by atoms with Gasteiger partial charge in [0.2, 0.25) is 0 Å². The maximum Gasteiger partial charge on any atom is 0.195 e. The number of unbranched alkanes of at least 4 members (excludes halogenated alkanes) is 1. The van der Waals surface area contributed by atoms with E-state index in [2.05, 4.69) is 52.9 Å². The summed E-state index contributed by atoms with van der Waals surface area (Å²) in [5.41, 5.74) is 9.03. The van der Waals surface area contributed by atoms with E-state index in [1.165, 1.54) is 11.1 Å². The van der Waals surface area contributed by atoms with E-state index < -0.39 is 0 Å². The van der Waals surface area contributed by atoms with E-state index >= 15 is 0 Å². The first kappa shape index (κ1) is 16.3. The summed E-state index contributed by atoms with van der Waals surface area (Å²) < 4.78 is 1.96. The average Bonchev–Trinajstić information content (AvgIpc) is 2.98. The van der Waals surface area contributed by atoms with Gasteiger partial charge in [0.15, 0.2) is 22.5 Å². The van der Waals surface area contributed by atoms with Crippen LogP contribution in [0.3, 0.4) is 0 Å². The highest BCUT2D eigenvalue weighted by Gasteiger charge is 2.19. The van der Waals surface area contributed by atoms with Crippen LogP contribution in [0, 0.1) is 26.2 Å². The molecule has 0 bridgehead atoms. The van der Waals surface area contributed by atoms with Gasteiger partial charge in [0.05, 0.1) is 6.33 Å². The molecule has 5 nitrogen and oxygen atoms in total. The molecule has 1 aromatic rings. The van der Waals surface area contributed by atoms with E-state index in [9.17, 15) is 0 Å². The molecule has 0 aliphatic carbocycles. The molecule has 0 radical (unpaired) electrons. The molecule has 2 aliphatic heterocycles. The molecule has 2 N–H and O–H groups in total. The number of hydrogen-bond acceptors (Lipinski definition) is 5. The molecule has 0 saturated heterocycles. The van der Waals surface area contributed by atoms with E-state index in [-0.39, 0.29) is 0 Å². The summed E-state index contributed by atoms with van der Waals surface area (Å²) in [4.78, 5) is 14.6. The van der Waals surface area contributed by atoms with E-state index in [0.717, 1.165) is 30.1 Å². The molecule has 24 heavy (non-hydrogen) atoms. The zero-order chi connectivity index (χ0) is 17.1. The Morgan fingerprint density at radius 3 is 2.92 bits per heavy atom. The van der Waals surface area contributed by atoms with Crippen molar-refractivity contribution in [2.75, 3.05) is 5.73 Å². The molecule has 0 aromatic heterocycles. The Bertz CT molecular complexity index is 878. The van der Waals surface area contributed by atoms with Crippen molar-refractivity contribution >= 4 is 17.6 Å². The molecule has 0 fully saturated rings. The lowest BCUT2D eigenvalue weighted by Crippen LogP contribution is -2.08. The summed E-state index contributed by atoms with van der Waals surface area (Å²) in [6, 6.07) is 6.35. The van der Waals surface area contributed by atoms with Crippen LogP contribution in [-0.2, 0) is 6.54 Å². The topological polar surface area (TPSA) is 69.6 Å². The van der Waals surface area contributed by atoms with Gasteiger partial charge in [-0.2, -0.15) is 0 Å². The first-order valence-electron chi connectivity index (χ1n) is 7.75. The van der Waals surface area contributed by atoms with Gasteiger partial charge in [0.1, 0.15) is 0 Å². The SMILES string of the molecule is C#CCCCn1cnc(N)c2nc(Sc3cc(C)ccc3C)nc1-2. The van der Waals surface area contributed by atoms with E-state index in [1.807, 2.05) is 4.57 Å². The van der Waals surface area contributed by atoms with Crippen LogP contribution >= 0.6 is 11.8 Å². The van der Waals surface area contributed by atoms with Gasteiger partial charge in [0, 0.05) is 17.9 Å². The van der Waals surface area contributed by atoms with Crippen molar-refractivity contribution in [2.45, 2.75) is 43.3 Å². The van der Waals surface area contributed by atoms with Gasteiger partial charge in [-0.25, -0.2) is 15.0 Å². The quantitative estimate of drug-likeness (QED) is 0.569. The molecule has 0 saturated carbocycles. The minimum absolute atomic E-state index is 0.401. The first-order chi connectivity index (χ1) is 11.6. The number of aromatic nitrogens is 4. The Morgan fingerprint density at radius 1 is 1.29 bits per heavy atom. The van der Waals surface area contributed by atoms with Crippen molar-refractivity contribution in [3.8, 4) is 23.9 Å². The van der Waals surface area contributed by atoms with E-state index in [4.69, 9.17) is 12.2 Å². The Labute approximate surface area is 146 Å². The highest BCUT2D eigenvalue weighted by molar-refractivity contribution is 7.99. The standard InChI is InChI=1S/C18H19N5S/c1-4-5-6-9-23-11-20-16(19)15-17(23)22-18(21-15)24-14-10-12(2)7-8-13(14)3/h1,7-8,10-11H,5-6,9,19H2,2-3H3. The van der Waals surface area contributed by atoms with Crippen LogP contribution in [0.4, 0.5) is 5.82 Å². The Kier molecular flexibility index (Phi) is 4.72. The lowest BCUT2D eigenvalue weighted by atomic mass is 10.2. The summed E-state index contributed by atoms with van der Waals surface area (Å²) in [5, 5.41) is 0.684. The van der Waals surface area contributed by atoms with Crippen molar-refractivity contribution < 1.29 is 0 Å². The smallest absolute Gasteiger partial charge is 0.195 e. The number of hydrogen-bond donors (Lipinski definition) is 1. The van der Waals surface area contributed by atoms with Crippen LogP contribution in [-0.4, -0.2) is 19.5 Å². The number of nitrogens with two attached hydrogens (primary N) is 1. The highest BCUT2D eigenvalue weighted by atomic mass is 32.2. The van der Waals surface area contributed by atoms with Gasteiger partial charge in [-0.1, -0.05) is 12.1 Å². The van der Waals surface area contributed by atoms with Crippen LogP contribution in [0.25, 0.3) is 11.5 Å². The normalized spacial score (nSPS) is 10.9. The minimum atomic E-state index is 0.401. The van der Waals surface area contributed by atoms with Gasteiger partial charge >= 0.3 is 0 Å². The molecule has 0 amide bonds. The Hall–Kier alpha value is -2.52. The van der Waals surface area contributed by atoms with Crippen LogP contribution < -0.4 is 5.73 Å². The highest BCUT2D eigenvalue weighted by Crippen LogP contribution is 2.33. The molecule has 2 heterocycles. The number of fused-ring (bicyclic) bond motifs is 1. The number of nitrogens with zero attached hydrogens (tertiary/aromatic N) is 4. The fourth-order valence-electron chi connectivity index (χ4n) is 2.41. The molecule has 1 aromatic carbocycles. The van der Waals surface area contributed by atoms with Gasteiger partial charge in [-0.3, -0.25) is 0 Å². The van der Waals surface area contributed by atoms with Crippen molar-refractivity contribution in [3.05, 3.63) is 35.7 Å². The molecular formula is C18H19N5S. The maximum atomic E-state index is 5.97. The first-order valence-corrected chi connectivity index (χ1v) is 8.57. The molecular weight excluding hydrogens is 318 g/mol. The third-order valence-electron chi connectivity index (χ3n) is 3.74. The molecule has 0 unspecified atom stereocenters. The van der Waals surface area contributed by atoms with Gasteiger partial charge in [-0.05, 0) is 49.2 Å². The van der Waals surface area contributed by atoms with Gasteiger partial charge in [0.25, 0.3) is 0 Å². The summed E-state index contributed by atoms with van der Waals surface area (Å²) in [7, 11) is 0. The second-order valence-electron chi connectivity index (χ2n) is 5.68. The summed E-state index contributed by atoms with van der Waals surface area (Å²) in [5.74, 6) is 3.81. The lowest BCUT2D eigenvalue weighted by molar-refractivity contribution is 0.638. The maximum absolute atomic E-state index is 5.97. The molecule has 2 aliphatic rings. The van der Waals surface area contributed by atoms with Crippen molar-refractivity contribution in [3.63, 3.8) is 0 Å². The van der Waals surface area contributed by atoms with Crippen molar-refractivity contribution in [2.24, 2.45) is 0 Å². The molecule has 122 valence electrons. The lowest BCUT2D eigenvalue weighted by Gasteiger charge is -2.09. The van der Waals surface area contributed by atoms with Crippen molar-refractivity contribution in [1.82, 2.24) is 19.5 Å². The number of anilines is 1. The fourth-order valence-corrected chi connectivity index (χ4v) is 3.35. The van der Waals surface area contributed by atoms with Crippen molar-refractivity contribution in [1.29, 1.82) is 0 Å².